The van der Waals surface area contributed by atoms with Gasteiger partial charge < -0.3 is 0 Å². The number of thiophene rings is 1. The molecular formula is C29H17N3S. The lowest BCUT2D eigenvalue weighted by Crippen LogP contribution is -1.87. The summed E-state index contributed by atoms with van der Waals surface area (Å²) in [6.45, 7) is 0. The van der Waals surface area contributed by atoms with Crippen molar-refractivity contribution in [1.29, 1.82) is 0 Å². The zero-order valence-electron chi connectivity index (χ0n) is 17.6. The van der Waals surface area contributed by atoms with Crippen LogP contribution in [0.4, 0.5) is 0 Å². The first-order valence-corrected chi connectivity index (χ1v) is 11.7. The molecule has 0 unspecified atom stereocenters. The van der Waals surface area contributed by atoms with Crippen LogP contribution in [-0.2, 0) is 0 Å². The van der Waals surface area contributed by atoms with Crippen molar-refractivity contribution >= 4 is 53.4 Å². The molecule has 0 radical (unpaired) electrons. The van der Waals surface area contributed by atoms with Crippen LogP contribution in [0.5, 0.6) is 0 Å². The van der Waals surface area contributed by atoms with E-state index in [4.69, 9.17) is 4.98 Å². The van der Waals surface area contributed by atoms with Crippen LogP contribution in [0.25, 0.3) is 64.4 Å². The molecule has 0 atom stereocenters. The van der Waals surface area contributed by atoms with Gasteiger partial charge >= 0.3 is 0 Å². The molecule has 7 aromatic rings. The zero-order valence-corrected chi connectivity index (χ0v) is 18.4. The van der Waals surface area contributed by atoms with Crippen molar-refractivity contribution in [1.82, 2.24) is 15.0 Å². The average molecular weight is 440 g/mol. The van der Waals surface area contributed by atoms with Crippen LogP contribution in [0, 0.1) is 0 Å². The molecule has 154 valence electrons. The Morgan fingerprint density at radius 3 is 2.24 bits per heavy atom. The Bertz CT molecular complexity index is 1830. The molecule has 3 nitrogen and oxygen atoms in total. The second-order valence-corrected chi connectivity index (χ2v) is 9.12. The molecule has 0 N–H and O–H groups in total. The molecular weight excluding hydrogens is 422 g/mol. The molecule has 4 aromatic carbocycles. The lowest BCUT2D eigenvalue weighted by molar-refractivity contribution is 1.32. The first kappa shape index (κ1) is 18.4. The molecule has 33 heavy (non-hydrogen) atoms. The van der Waals surface area contributed by atoms with Crippen LogP contribution in [-0.4, -0.2) is 15.0 Å². The molecule has 0 aliphatic rings. The number of aromatic nitrogens is 3. The number of fused-ring (bicyclic) bond motifs is 6. The fraction of sp³-hybridized carbons (Fsp3) is 0. The van der Waals surface area contributed by atoms with Gasteiger partial charge in [-0.2, -0.15) is 0 Å². The predicted molar refractivity (Wildman–Crippen MR) is 139 cm³/mol. The van der Waals surface area contributed by atoms with Gasteiger partial charge in [0.2, 0.25) is 0 Å². The minimum Gasteiger partial charge on any atom is -0.256 e. The highest BCUT2D eigenvalue weighted by Crippen LogP contribution is 2.40. The first-order chi connectivity index (χ1) is 16.4. The summed E-state index contributed by atoms with van der Waals surface area (Å²) in [6, 6.07) is 30.2. The molecule has 0 fully saturated rings. The third kappa shape index (κ3) is 2.85. The maximum absolute atomic E-state index is 4.73. The minimum absolute atomic E-state index is 0.974. The normalized spacial score (nSPS) is 11.6. The molecule has 3 heterocycles. The van der Waals surface area contributed by atoms with Gasteiger partial charge in [0.25, 0.3) is 0 Å². The highest BCUT2D eigenvalue weighted by atomic mass is 32.1. The second-order valence-electron chi connectivity index (χ2n) is 8.12. The van der Waals surface area contributed by atoms with E-state index >= 15 is 0 Å². The average Bonchev–Trinajstić information content (AvgIpc) is 3.27. The van der Waals surface area contributed by atoms with Crippen molar-refractivity contribution in [2.45, 2.75) is 0 Å². The van der Waals surface area contributed by atoms with Gasteiger partial charge in [-0.15, -0.1) is 11.3 Å². The van der Waals surface area contributed by atoms with Gasteiger partial charge in [-0.3, -0.25) is 9.97 Å². The molecule has 3 aromatic heterocycles. The summed E-state index contributed by atoms with van der Waals surface area (Å²) in [5, 5.41) is 4.71. The summed E-state index contributed by atoms with van der Waals surface area (Å²) >= 11 is 1.71. The van der Waals surface area contributed by atoms with Gasteiger partial charge in [-0.25, -0.2) is 4.98 Å². The van der Waals surface area contributed by atoms with Crippen molar-refractivity contribution in [3.8, 4) is 22.3 Å². The molecule has 0 aliphatic carbocycles. The number of benzene rings is 4. The van der Waals surface area contributed by atoms with Crippen LogP contribution in [0.3, 0.4) is 0 Å². The van der Waals surface area contributed by atoms with Crippen molar-refractivity contribution < 1.29 is 0 Å². The van der Waals surface area contributed by atoms with Crippen molar-refractivity contribution in [2.75, 3.05) is 0 Å². The van der Waals surface area contributed by atoms with E-state index in [-0.39, 0.29) is 0 Å². The standard InChI is InChI=1S/C29H17N3S/c1-6-20(22-9-2-5-18-12-13-19-8-4-14-30-26(19)25(18)22)17-21(7-1)23-10-3-11-24-27-29(33-28(23)24)32-16-15-31-27/h1-17H. The summed E-state index contributed by atoms with van der Waals surface area (Å²) in [5.41, 5.74) is 6.80. The van der Waals surface area contributed by atoms with E-state index in [1.165, 1.54) is 37.7 Å². The zero-order chi connectivity index (χ0) is 21.8. The fourth-order valence-corrected chi connectivity index (χ4v) is 5.89. The molecule has 0 amide bonds. The van der Waals surface area contributed by atoms with Gasteiger partial charge in [0, 0.05) is 39.4 Å². The maximum atomic E-state index is 4.73. The van der Waals surface area contributed by atoms with Crippen LogP contribution < -0.4 is 0 Å². The topological polar surface area (TPSA) is 38.7 Å². The number of hydrogen-bond donors (Lipinski definition) is 0. The van der Waals surface area contributed by atoms with E-state index in [1.807, 2.05) is 12.3 Å². The van der Waals surface area contributed by atoms with Crippen molar-refractivity contribution in [3.05, 3.63) is 104 Å². The Morgan fingerprint density at radius 1 is 0.545 bits per heavy atom. The lowest BCUT2D eigenvalue weighted by atomic mass is 9.93. The monoisotopic (exact) mass is 439 g/mol. The summed E-state index contributed by atoms with van der Waals surface area (Å²) < 4.78 is 1.22. The fourth-order valence-electron chi connectivity index (χ4n) is 4.75. The molecule has 0 bridgehead atoms. The first-order valence-electron chi connectivity index (χ1n) is 10.9. The van der Waals surface area contributed by atoms with Crippen molar-refractivity contribution in [2.24, 2.45) is 0 Å². The molecule has 0 aliphatic heterocycles. The Balaban J connectivity index is 1.48. The van der Waals surface area contributed by atoms with Crippen LogP contribution in [0.1, 0.15) is 0 Å². The molecule has 0 spiro atoms. The maximum Gasteiger partial charge on any atom is 0.143 e. The third-order valence-electron chi connectivity index (χ3n) is 6.23. The summed E-state index contributed by atoms with van der Waals surface area (Å²) in [7, 11) is 0. The van der Waals surface area contributed by atoms with Crippen molar-refractivity contribution in [3.63, 3.8) is 0 Å². The Labute approximate surface area is 194 Å². The SMILES string of the molecule is c1cc(-c2cccc3c2sc2nccnc23)cc(-c2cccc3ccc4cccnc4c23)c1. The highest BCUT2D eigenvalue weighted by molar-refractivity contribution is 7.25. The van der Waals surface area contributed by atoms with Gasteiger partial charge in [0.15, 0.2) is 0 Å². The largest absolute Gasteiger partial charge is 0.256 e. The van der Waals surface area contributed by atoms with E-state index in [0.717, 1.165) is 26.6 Å². The molecule has 4 heteroatoms. The lowest BCUT2D eigenvalue weighted by Gasteiger charge is -2.11. The van der Waals surface area contributed by atoms with Gasteiger partial charge in [-0.05, 0) is 39.8 Å². The summed E-state index contributed by atoms with van der Waals surface area (Å²) in [4.78, 5) is 14.8. The van der Waals surface area contributed by atoms with Gasteiger partial charge in [0.05, 0.1) is 5.52 Å². The highest BCUT2D eigenvalue weighted by Gasteiger charge is 2.13. The van der Waals surface area contributed by atoms with E-state index in [9.17, 15) is 0 Å². The predicted octanol–water partition coefficient (Wildman–Crippen LogP) is 7.88. The van der Waals surface area contributed by atoms with Crippen LogP contribution in [0.2, 0.25) is 0 Å². The Hall–Kier alpha value is -4.15. The Kier molecular flexibility index (Phi) is 4.01. The molecule has 0 saturated carbocycles. The summed E-state index contributed by atoms with van der Waals surface area (Å²) in [6.07, 6.45) is 5.40. The second kappa shape index (κ2) is 7.19. The van der Waals surface area contributed by atoms with Crippen LogP contribution >= 0.6 is 11.3 Å². The number of rotatable bonds is 2. The smallest absolute Gasteiger partial charge is 0.143 e. The van der Waals surface area contributed by atoms with Gasteiger partial charge in [-0.1, -0.05) is 72.8 Å². The molecule has 7 rings (SSSR count). The van der Waals surface area contributed by atoms with E-state index in [0.29, 0.717) is 0 Å². The van der Waals surface area contributed by atoms with E-state index in [2.05, 4.69) is 88.8 Å². The summed E-state index contributed by atoms with van der Waals surface area (Å²) in [5.74, 6) is 0. The number of nitrogens with zero attached hydrogens (tertiary/aromatic N) is 3. The quantitative estimate of drug-likeness (QED) is 0.257. The minimum atomic E-state index is 0.974. The molecule has 0 saturated heterocycles. The van der Waals surface area contributed by atoms with E-state index in [1.54, 1.807) is 23.7 Å². The van der Waals surface area contributed by atoms with Crippen LogP contribution in [0.15, 0.2) is 104 Å². The Morgan fingerprint density at radius 2 is 1.27 bits per heavy atom. The van der Waals surface area contributed by atoms with E-state index < -0.39 is 0 Å². The van der Waals surface area contributed by atoms with Gasteiger partial charge in [0.1, 0.15) is 10.3 Å². The third-order valence-corrected chi connectivity index (χ3v) is 7.37. The number of pyridine rings is 1. The number of hydrogen-bond acceptors (Lipinski definition) is 4.